The van der Waals surface area contributed by atoms with Gasteiger partial charge in [-0.05, 0) is 38.5 Å². The molecule has 2 saturated carbocycles. The molecule has 2 fully saturated rings. The number of nitrogens with zero attached hydrogens (tertiary/aromatic N) is 2. The summed E-state index contributed by atoms with van der Waals surface area (Å²) in [7, 11) is 0. The molecule has 2 aliphatic carbocycles. The molecule has 3 rings (SSSR count). The average molecular weight is 439 g/mol. The monoisotopic (exact) mass is 439 g/mol. The van der Waals surface area contributed by atoms with E-state index >= 15 is 0 Å². The number of carbonyl (C=O) groups is 2. The molecule has 1 amide bonds. The van der Waals surface area contributed by atoms with Crippen molar-refractivity contribution < 1.29 is 30.0 Å². The van der Waals surface area contributed by atoms with E-state index in [-0.39, 0.29) is 0 Å². The number of carboxylic acid groups (broad SMARTS) is 1. The van der Waals surface area contributed by atoms with Crippen LogP contribution in [0.5, 0.6) is 5.88 Å². The second-order valence-corrected chi connectivity index (χ2v) is 8.35. The Morgan fingerprint density at radius 3 is 2.06 bits per heavy atom. The fraction of sp³-hybridized carbons (Fsp3) is 0.700. The van der Waals surface area contributed by atoms with Gasteiger partial charge in [0.25, 0.3) is 11.5 Å². The van der Waals surface area contributed by atoms with Crippen LogP contribution in [0.2, 0.25) is 0 Å². The van der Waals surface area contributed by atoms with Crippen molar-refractivity contribution in [2.75, 3.05) is 6.54 Å². The van der Waals surface area contributed by atoms with Crippen molar-refractivity contribution in [3.05, 3.63) is 26.4 Å². The van der Waals surface area contributed by atoms with E-state index in [0.717, 1.165) is 28.4 Å². The maximum absolute atomic E-state index is 13.3. The fourth-order valence-electron chi connectivity index (χ4n) is 4.67. The van der Waals surface area contributed by atoms with Gasteiger partial charge in [-0.3, -0.25) is 23.5 Å². The van der Waals surface area contributed by atoms with Gasteiger partial charge in [-0.15, -0.1) is 0 Å². The minimum absolute atomic E-state index is 0.309. The number of hydrogen-bond donors (Lipinski definition) is 5. The highest BCUT2D eigenvalue weighted by molar-refractivity contribution is 5.95. The Bertz CT molecular complexity index is 937. The van der Waals surface area contributed by atoms with E-state index in [1.807, 2.05) is 0 Å². The molecular weight excluding hydrogens is 410 g/mol. The molecule has 0 unspecified atom stereocenters. The molecule has 0 radical (unpaired) electrons. The first-order valence-electron chi connectivity index (χ1n) is 10.7. The highest BCUT2D eigenvalue weighted by atomic mass is 16.5. The molecule has 0 spiro atoms. The summed E-state index contributed by atoms with van der Waals surface area (Å²) in [6.07, 6.45) is 3.25. The standard InChI is InChI=1S/C20H29N3O8/c24-14(25)10-21-16(26)15-17(27)22(12-4-2-1-3-5-12)20(31)23(18(15)28)13-8-6-11(7-9-13)19(29)30/h11-14,24-25,28H,1-10H2,(H,21,26)(H,29,30). The number of aliphatic hydroxyl groups excluding tert-OH is 1. The quantitative estimate of drug-likeness (QED) is 0.388. The summed E-state index contributed by atoms with van der Waals surface area (Å²) in [5, 5.41) is 40.2. The lowest BCUT2D eigenvalue weighted by molar-refractivity contribution is -0.143. The molecule has 0 aliphatic heterocycles. The van der Waals surface area contributed by atoms with Crippen LogP contribution in [-0.4, -0.2) is 54.3 Å². The maximum Gasteiger partial charge on any atom is 0.334 e. The number of aromatic hydroxyl groups is 1. The normalized spacial score (nSPS) is 22.4. The minimum atomic E-state index is -1.84. The molecular formula is C20H29N3O8. The number of amides is 1. The first-order valence-corrected chi connectivity index (χ1v) is 10.7. The SMILES string of the molecule is O=C(NCC(O)O)c1c(O)n(C2CCC(C(=O)O)CC2)c(=O)n(C2CCCCC2)c1=O. The minimum Gasteiger partial charge on any atom is -0.494 e. The third kappa shape index (κ3) is 4.82. The Morgan fingerprint density at radius 1 is 0.935 bits per heavy atom. The zero-order valence-electron chi connectivity index (χ0n) is 17.2. The third-order valence-electron chi connectivity index (χ3n) is 6.32. The lowest BCUT2D eigenvalue weighted by atomic mass is 9.86. The van der Waals surface area contributed by atoms with Crippen molar-refractivity contribution in [3.63, 3.8) is 0 Å². The van der Waals surface area contributed by atoms with Gasteiger partial charge in [-0.1, -0.05) is 19.3 Å². The summed E-state index contributed by atoms with van der Waals surface area (Å²) in [4.78, 5) is 50.3. The van der Waals surface area contributed by atoms with Gasteiger partial charge in [0.15, 0.2) is 11.9 Å². The number of nitrogens with one attached hydrogen (secondary N) is 1. The summed E-state index contributed by atoms with van der Waals surface area (Å²) < 4.78 is 2.07. The van der Waals surface area contributed by atoms with Crippen LogP contribution in [0.25, 0.3) is 0 Å². The van der Waals surface area contributed by atoms with Gasteiger partial charge >= 0.3 is 11.7 Å². The van der Waals surface area contributed by atoms with Crippen molar-refractivity contribution in [1.29, 1.82) is 0 Å². The van der Waals surface area contributed by atoms with Crippen LogP contribution >= 0.6 is 0 Å². The number of carbonyl (C=O) groups excluding carboxylic acids is 1. The van der Waals surface area contributed by atoms with E-state index in [2.05, 4.69) is 5.32 Å². The van der Waals surface area contributed by atoms with Crippen molar-refractivity contribution >= 4 is 11.9 Å². The summed E-state index contributed by atoms with van der Waals surface area (Å²) in [5.74, 6) is -3.23. The van der Waals surface area contributed by atoms with Crippen LogP contribution in [0.1, 0.15) is 80.2 Å². The third-order valence-corrected chi connectivity index (χ3v) is 6.32. The van der Waals surface area contributed by atoms with Crippen molar-refractivity contribution in [3.8, 4) is 5.88 Å². The molecule has 0 bridgehead atoms. The highest BCUT2D eigenvalue weighted by Gasteiger charge is 2.34. The van der Waals surface area contributed by atoms with Gasteiger partial charge in [0, 0.05) is 12.1 Å². The fourth-order valence-corrected chi connectivity index (χ4v) is 4.67. The Hall–Kier alpha value is -2.66. The number of aromatic nitrogens is 2. The molecule has 1 aromatic rings. The number of carboxylic acids is 1. The van der Waals surface area contributed by atoms with Gasteiger partial charge in [0.2, 0.25) is 5.88 Å². The Balaban J connectivity index is 2.07. The number of rotatable bonds is 6. The zero-order chi connectivity index (χ0) is 22.7. The second-order valence-electron chi connectivity index (χ2n) is 8.35. The average Bonchev–Trinajstić information content (AvgIpc) is 2.73. The van der Waals surface area contributed by atoms with Gasteiger partial charge in [0.1, 0.15) is 0 Å². The van der Waals surface area contributed by atoms with E-state index in [1.165, 1.54) is 0 Å². The van der Waals surface area contributed by atoms with Crippen LogP contribution in [0.15, 0.2) is 9.59 Å². The molecule has 172 valence electrons. The van der Waals surface area contributed by atoms with E-state index < -0.39 is 65.4 Å². The predicted octanol–water partition coefficient (Wildman–Crippen LogP) is 0.0772. The molecule has 11 heteroatoms. The van der Waals surface area contributed by atoms with Crippen LogP contribution in [0.4, 0.5) is 0 Å². The Kier molecular flexibility index (Phi) is 7.16. The van der Waals surface area contributed by atoms with Gasteiger partial charge in [-0.2, -0.15) is 0 Å². The van der Waals surface area contributed by atoms with Crippen molar-refractivity contribution in [2.45, 2.75) is 76.2 Å². The summed E-state index contributed by atoms with van der Waals surface area (Å²) in [6, 6.07) is -0.945. The first kappa shape index (κ1) is 23.0. The number of hydrogen-bond acceptors (Lipinski definition) is 7. The molecule has 1 aromatic heterocycles. The van der Waals surface area contributed by atoms with Gasteiger partial charge < -0.3 is 25.7 Å². The Labute approximate surface area is 177 Å². The van der Waals surface area contributed by atoms with Crippen molar-refractivity contribution in [2.24, 2.45) is 5.92 Å². The molecule has 5 N–H and O–H groups in total. The number of aliphatic carboxylic acids is 1. The molecule has 0 atom stereocenters. The van der Waals surface area contributed by atoms with Crippen LogP contribution in [0, 0.1) is 5.92 Å². The van der Waals surface area contributed by atoms with Crippen LogP contribution < -0.4 is 16.6 Å². The summed E-state index contributed by atoms with van der Waals surface area (Å²) in [6.45, 7) is -0.552. The maximum atomic E-state index is 13.3. The molecule has 2 aliphatic rings. The van der Waals surface area contributed by atoms with Gasteiger partial charge in [0.05, 0.1) is 12.5 Å². The second kappa shape index (κ2) is 9.65. The highest BCUT2D eigenvalue weighted by Crippen LogP contribution is 2.34. The van der Waals surface area contributed by atoms with E-state index in [1.54, 1.807) is 0 Å². The molecule has 31 heavy (non-hydrogen) atoms. The summed E-state index contributed by atoms with van der Waals surface area (Å²) in [5.41, 5.74) is -2.23. The summed E-state index contributed by atoms with van der Waals surface area (Å²) >= 11 is 0. The first-order chi connectivity index (χ1) is 14.7. The zero-order valence-corrected chi connectivity index (χ0v) is 17.2. The van der Waals surface area contributed by atoms with E-state index in [0.29, 0.717) is 38.5 Å². The smallest absolute Gasteiger partial charge is 0.334 e. The molecule has 0 saturated heterocycles. The van der Waals surface area contributed by atoms with Gasteiger partial charge in [-0.25, -0.2) is 4.79 Å². The molecule has 1 heterocycles. The lowest BCUT2D eigenvalue weighted by Gasteiger charge is -2.31. The Morgan fingerprint density at radius 2 is 1.52 bits per heavy atom. The molecule has 0 aromatic carbocycles. The lowest BCUT2D eigenvalue weighted by Crippen LogP contribution is -2.48. The van der Waals surface area contributed by atoms with E-state index in [9.17, 15) is 29.4 Å². The van der Waals surface area contributed by atoms with Crippen LogP contribution in [0.3, 0.4) is 0 Å². The van der Waals surface area contributed by atoms with Crippen molar-refractivity contribution in [1.82, 2.24) is 14.5 Å². The molecule has 11 nitrogen and oxygen atoms in total. The van der Waals surface area contributed by atoms with Crippen LogP contribution in [-0.2, 0) is 4.79 Å². The topological polar surface area (TPSA) is 171 Å². The predicted molar refractivity (Wildman–Crippen MR) is 108 cm³/mol. The van der Waals surface area contributed by atoms with E-state index in [4.69, 9.17) is 10.2 Å². The largest absolute Gasteiger partial charge is 0.494 e. The number of aliphatic hydroxyl groups is 2.